The van der Waals surface area contributed by atoms with Crippen LogP contribution in [0.25, 0.3) is 0 Å². The number of aromatic nitrogens is 2. The number of carbonyl (C=O) groups is 1. The fourth-order valence-corrected chi connectivity index (χ4v) is 2.76. The molecule has 1 fully saturated rings. The van der Waals surface area contributed by atoms with Gasteiger partial charge in [-0.15, -0.1) is 0 Å². The molecule has 1 amide bonds. The molecule has 0 aromatic carbocycles. The number of carbonyl (C=O) groups excluding carboxylic acids is 1. The lowest BCUT2D eigenvalue weighted by Crippen LogP contribution is -2.38. The first kappa shape index (κ1) is 16.4. The van der Waals surface area contributed by atoms with Gasteiger partial charge in [0.1, 0.15) is 6.20 Å². The van der Waals surface area contributed by atoms with Crippen molar-refractivity contribution in [2.24, 2.45) is 17.1 Å². The summed E-state index contributed by atoms with van der Waals surface area (Å²) in [5, 5.41) is 13.9. The number of hydrogen-bond donors (Lipinski definition) is 2. The average molecular weight is 328 g/mol. The standard InChI is InChI=1S/C13H18ClN5O3/c1-13(11(15)20)4-2-8(3-5-13)6-16-10-9(19(21)22)7-17-12(14)18-10/h7-8H,2-6H2,1H3,(H2,15,20)(H,16,17,18). The predicted octanol–water partition coefficient (Wildman–Crippen LogP) is 2.13. The Morgan fingerprint density at radius 2 is 2.23 bits per heavy atom. The van der Waals surface area contributed by atoms with Crippen LogP contribution in [-0.4, -0.2) is 27.3 Å². The van der Waals surface area contributed by atoms with Crippen molar-refractivity contribution >= 4 is 29.0 Å². The Balaban J connectivity index is 1.96. The maximum atomic E-state index is 11.4. The fourth-order valence-electron chi connectivity index (χ4n) is 2.62. The summed E-state index contributed by atoms with van der Waals surface area (Å²) in [4.78, 5) is 29.3. The lowest BCUT2D eigenvalue weighted by Gasteiger charge is -2.34. The fraction of sp³-hybridized carbons (Fsp3) is 0.615. The molecule has 1 aromatic heterocycles. The Hall–Kier alpha value is -1.96. The minimum atomic E-state index is -0.552. The summed E-state index contributed by atoms with van der Waals surface area (Å²) in [6, 6.07) is 0. The van der Waals surface area contributed by atoms with Crippen molar-refractivity contribution in [2.75, 3.05) is 11.9 Å². The summed E-state index contributed by atoms with van der Waals surface area (Å²) in [7, 11) is 0. The van der Waals surface area contributed by atoms with Gasteiger partial charge in [-0.1, -0.05) is 6.92 Å². The minimum Gasteiger partial charge on any atom is -0.369 e. The first-order valence-electron chi connectivity index (χ1n) is 7.02. The second kappa shape index (κ2) is 6.43. The first-order valence-corrected chi connectivity index (χ1v) is 7.40. The highest BCUT2D eigenvalue weighted by molar-refractivity contribution is 6.28. The van der Waals surface area contributed by atoms with Crippen LogP contribution in [0.5, 0.6) is 0 Å². The number of nitrogens with one attached hydrogen (secondary N) is 1. The van der Waals surface area contributed by atoms with Crippen LogP contribution in [0.3, 0.4) is 0 Å². The number of nitrogens with two attached hydrogens (primary N) is 1. The molecule has 8 nitrogen and oxygen atoms in total. The molecule has 0 saturated heterocycles. The highest BCUT2D eigenvalue weighted by Gasteiger charge is 2.35. The largest absolute Gasteiger partial charge is 0.369 e. The zero-order chi connectivity index (χ0) is 16.3. The van der Waals surface area contributed by atoms with E-state index >= 15 is 0 Å². The molecule has 3 N–H and O–H groups in total. The molecule has 0 unspecified atom stereocenters. The zero-order valence-corrected chi connectivity index (χ0v) is 13.0. The highest BCUT2D eigenvalue weighted by Crippen LogP contribution is 2.38. The molecule has 1 heterocycles. The van der Waals surface area contributed by atoms with E-state index in [2.05, 4.69) is 15.3 Å². The van der Waals surface area contributed by atoms with Crippen molar-refractivity contribution in [1.82, 2.24) is 9.97 Å². The van der Waals surface area contributed by atoms with Crippen molar-refractivity contribution in [3.63, 3.8) is 0 Å². The molecular formula is C13H18ClN5O3. The third-order valence-corrected chi connectivity index (χ3v) is 4.48. The Bertz CT molecular complexity index is 587. The predicted molar refractivity (Wildman–Crippen MR) is 81.4 cm³/mol. The van der Waals surface area contributed by atoms with Crippen LogP contribution in [0.1, 0.15) is 32.6 Å². The Kier molecular flexibility index (Phi) is 4.80. The van der Waals surface area contributed by atoms with Gasteiger partial charge in [-0.2, -0.15) is 4.98 Å². The monoisotopic (exact) mass is 327 g/mol. The van der Waals surface area contributed by atoms with Gasteiger partial charge < -0.3 is 11.1 Å². The minimum absolute atomic E-state index is 0.0435. The van der Waals surface area contributed by atoms with Gasteiger partial charge in [0.2, 0.25) is 17.0 Å². The van der Waals surface area contributed by atoms with E-state index in [0.717, 1.165) is 31.9 Å². The number of nitro groups is 1. The van der Waals surface area contributed by atoms with Gasteiger partial charge in [0.25, 0.3) is 0 Å². The normalized spacial score (nSPS) is 24.7. The van der Waals surface area contributed by atoms with Gasteiger partial charge in [0, 0.05) is 12.0 Å². The molecule has 2 rings (SSSR count). The lowest BCUT2D eigenvalue weighted by molar-refractivity contribution is -0.384. The van der Waals surface area contributed by atoms with Crippen molar-refractivity contribution in [3.05, 3.63) is 21.6 Å². The van der Waals surface area contributed by atoms with Gasteiger partial charge in [0.05, 0.1) is 4.92 Å². The SMILES string of the molecule is CC1(C(N)=O)CCC(CNc2nc(Cl)ncc2[N+](=O)[O-])CC1. The van der Waals surface area contributed by atoms with E-state index in [-0.39, 0.29) is 22.7 Å². The number of primary amides is 1. The molecule has 0 radical (unpaired) electrons. The summed E-state index contributed by atoms with van der Waals surface area (Å²) in [6.07, 6.45) is 4.20. The van der Waals surface area contributed by atoms with Crippen LogP contribution in [0.15, 0.2) is 6.20 Å². The van der Waals surface area contributed by atoms with Gasteiger partial charge in [-0.3, -0.25) is 14.9 Å². The van der Waals surface area contributed by atoms with E-state index in [0.29, 0.717) is 12.5 Å². The van der Waals surface area contributed by atoms with Crippen LogP contribution >= 0.6 is 11.6 Å². The van der Waals surface area contributed by atoms with E-state index in [4.69, 9.17) is 17.3 Å². The van der Waals surface area contributed by atoms with Gasteiger partial charge in [-0.05, 0) is 43.2 Å². The Morgan fingerprint density at radius 1 is 1.59 bits per heavy atom. The van der Waals surface area contributed by atoms with E-state index < -0.39 is 10.3 Å². The topological polar surface area (TPSA) is 124 Å². The zero-order valence-electron chi connectivity index (χ0n) is 12.2. The summed E-state index contributed by atoms with van der Waals surface area (Å²) < 4.78 is 0. The summed E-state index contributed by atoms with van der Waals surface area (Å²) in [5.74, 6) is 0.158. The molecule has 0 aliphatic heterocycles. The van der Waals surface area contributed by atoms with Crippen molar-refractivity contribution in [1.29, 1.82) is 0 Å². The molecular weight excluding hydrogens is 310 g/mol. The third kappa shape index (κ3) is 3.62. The van der Waals surface area contributed by atoms with Crippen LogP contribution in [0.4, 0.5) is 11.5 Å². The van der Waals surface area contributed by atoms with E-state index in [1.54, 1.807) is 0 Å². The number of rotatable bonds is 5. The van der Waals surface area contributed by atoms with Crippen molar-refractivity contribution in [3.8, 4) is 0 Å². The lowest BCUT2D eigenvalue weighted by atomic mass is 9.71. The van der Waals surface area contributed by atoms with Crippen molar-refractivity contribution in [2.45, 2.75) is 32.6 Å². The number of nitrogens with zero attached hydrogens (tertiary/aromatic N) is 3. The summed E-state index contributed by atoms with van der Waals surface area (Å²) in [6.45, 7) is 2.41. The van der Waals surface area contributed by atoms with Gasteiger partial charge >= 0.3 is 5.69 Å². The maximum absolute atomic E-state index is 11.4. The van der Waals surface area contributed by atoms with E-state index in [1.165, 1.54) is 0 Å². The number of hydrogen-bond acceptors (Lipinski definition) is 6. The smallest absolute Gasteiger partial charge is 0.329 e. The molecule has 120 valence electrons. The average Bonchev–Trinajstić information content (AvgIpc) is 2.46. The first-order chi connectivity index (χ1) is 10.3. The second-order valence-electron chi connectivity index (χ2n) is 5.88. The number of anilines is 1. The summed E-state index contributed by atoms with van der Waals surface area (Å²) >= 11 is 5.68. The molecule has 1 aromatic rings. The van der Waals surface area contributed by atoms with E-state index in [1.807, 2.05) is 6.92 Å². The van der Waals surface area contributed by atoms with Gasteiger partial charge in [-0.25, -0.2) is 4.98 Å². The van der Waals surface area contributed by atoms with Crippen molar-refractivity contribution < 1.29 is 9.72 Å². The van der Waals surface area contributed by atoms with E-state index in [9.17, 15) is 14.9 Å². The molecule has 1 aliphatic carbocycles. The quantitative estimate of drug-likeness (QED) is 0.485. The molecule has 9 heteroatoms. The maximum Gasteiger partial charge on any atom is 0.329 e. The Labute approximate surface area is 132 Å². The third-order valence-electron chi connectivity index (χ3n) is 4.30. The molecule has 0 bridgehead atoms. The molecule has 0 spiro atoms. The molecule has 1 aliphatic rings. The molecule has 22 heavy (non-hydrogen) atoms. The van der Waals surface area contributed by atoms with Crippen LogP contribution < -0.4 is 11.1 Å². The van der Waals surface area contributed by atoms with Crippen LogP contribution in [0.2, 0.25) is 5.28 Å². The number of amides is 1. The second-order valence-corrected chi connectivity index (χ2v) is 6.22. The Morgan fingerprint density at radius 3 is 2.77 bits per heavy atom. The van der Waals surface area contributed by atoms with Crippen LogP contribution in [-0.2, 0) is 4.79 Å². The molecule has 0 atom stereocenters. The highest BCUT2D eigenvalue weighted by atomic mass is 35.5. The van der Waals surface area contributed by atoms with Crippen LogP contribution in [0, 0.1) is 21.4 Å². The number of halogens is 1. The van der Waals surface area contributed by atoms with Gasteiger partial charge in [0.15, 0.2) is 0 Å². The molecule has 1 saturated carbocycles. The summed E-state index contributed by atoms with van der Waals surface area (Å²) in [5.41, 5.74) is 4.77.